The third-order valence-corrected chi connectivity index (χ3v) is 5.83. The van der Waals surface area contributed by atoms with Gasteiger partial charge in [-0.05, 0) is 25.5 Å². The van der Waals surface area contributed by atoms with Crippen LogP contribution in [0.15, 0.2) is 36.8 Å². The maximum Gasteiger partial charge on any atom is 0.390 e. The van der Waals surface area contributed by atoms with E-state index in [1.165, 1.54) is 29.2 Å². The highest BCUT2D eigenvalue weighted by Crippen LogP contribution is 2.40. The highest BCUT2D eigenvalue weighted by molar-refractivity contribution is 5.64. The molecule has 0 N–H and O–H groups in total. The van der Waals surface area contributed by atoms with Crippen molar-refractivity contribution in [1.29, 1.82) is 0 Å². The van der Waals surface area contributed by atoms with Crippen molar-refractivity contribution in [3.8, 4) is 23.0 Å². The van der Waals surface area contributed by atoms with Gasteiger partial charge in [-0.3, -0.25) is 9.13 Å². The summed E-state index contributed by atoms with van der Waals surface area (Å²) in [7, 11) is 0. The normalized spacial score (nSPS) is 15.3. The molecule has 182 valence electrons. The molecule has 8 nitrogen and oxygen atoms in total. The number of alkyl halides is 3. The van der Waals surface area contributed by atoms with Crippen molar-refractivity contribution in [1.82, 2.24) is 34.3 Å². The van der Waals surface area contributed by atoms with Crippen molar-refractivity contribution in [2.45, 2.75) is 38.9 Å². The zero-order valence-corrected chi connectivity index (χ0v) is 18.6. The van der Waals surface area contributed by atoms with Crippen LogP contribution in [0, 0.1) is 18.6 Å². The van der Waals surface area contributed by atoms with Gasteiger partial charge < -0.3 is 4.90 Å². The second kappa shape index (κ2) is 8.40. The van der Waals surface area contributed by atoms with Gasteiger partial charge in [-0.15, -0.1) is 10.2 Å². The van der Waals surface area contributed by atoms with Gasteiger partial charge in [0.25, 0.3) is 0 Å². The molecule has 1 aromatic carbocycles. The fourth-order valence-corrected chi connectivity index (χ4v) is 4.27. The smallest absolute Gasteiger partial charge is 0.344 e. The van der Waals surface area contributed by atoms with Crippen LogP contribution in [0.25, 0.3) is 23.0 Å². The molecule has 0 radical (unpaired) electrons. The van der Waals surface area contributed by atoms with Gasteiger partial charge in [0.05, 0.1) is 24.2 Å². The van der Waals surface area contributed by atoms with Crippen LogP contribution in [0.3, 0.4) is 0 Å². The number of halogens is 5. The second-order valence-electron chi connectivity index (χ2n) is 8.05. The number of aryl methyl sites for hydroxylation is 1. The Morgan fingerprint density at radius 1 is 1.09 bits per heavy atom. The van der Waals surface area contributed by atoms with Crippen LogP contribution < -0.4 is 4.90 Å². The van der Waals surface area contributed by atoms with Gasteiger partial charge in [0.1, 0.15) is 29.0 Å². The van der Waals surface area contributed by atoms with E-state index in [4.69, 9.17) is 0 Å². The minimum Gasteiger partial charge on any atom is -0.344 e. The van der Waals surface area contributed by atoms with E-state index in [0.717, 1.165) is 12.1 Å². The standard InChI is InChI=1S/C22H19F5N8/c1-3-16-20-32-31-12(2)35(20)17-11-29-21(30-19(17)33(16)8-6-22(25,26)27)34-9-7-28-18(34)14-5-4-13(23)10-15(14)24/h4-5,7,9-11,16H,3,6,8H2,1-2H3/t16-/m1/s1. The van der Waals surface area contributed by atoms with Crippen molar-refractivity contribution in [2.24, 2.45) is 0 Å². The molecular formula is C22H19F5N8. The van der Waals surface area contributed by atoms with Gasteiger partial charge in [-0.1, -0.05) is 6.92 Å². The highest BCUT2D eigenvalue weighted by atomic mass is 19.4. The van der Waals surface area contributed by atoms with E-state index in [2.05, 4.69) is 25.1 Å². The molecule has 0 fully saturated rings. The van der Waals surface area contributed by atoms with Crippen LogP contribution in [0.1, 0.15) is 37.5 Å². The molecule has 0 saturated heterocycles. The largest absolute Gasteiger partial charge is 0.390 e. The number of fused-ring (bicyclic) bond motifs is 3. The van der Waals surface area contributed by atoms with Gasteiger partial charge in [0, 0.05) is 25.0 Å². The Labute approximate surface area is 196 Å². The van der Waals surface area contributed by atoms with Crippen LogP contribution in [0.2, 0.25) is 0 Å². The number of anilines is 1. The summed E-state index contributed by atoms with van der Waals surface area (Å²) < 4.78 is 70.5. The summed E-state index contributed by atoms with van der Waals surface area (Å²) in [5, 5.41) is 8.29. The lowest BCUT2D eigenvalue weighted by atomic mass is 10.1. The lowest BCUT2D eigenvalue weighted by Crippen LogP contribution is -2.38. The fourth-order valence-electron chi connectivity index (χ4n) is 4.27. The quantitative estimate of drug-likeness (QED) is 0.377. The molecule has 0 amide bonds. The van der Waals surface area contributed by atoms with Crippen LogP contribution in [0.4, 0.5) is 27.8 Å². The highest BCUT2D eigenvalue weighted by Gasteiger charge is 2.37. The van der Waals surface area contributed by atoms with Gasteiger partial charge in [0.15, 0.2) is 11.6 Å². The van der Waals surface area contributed by atoms with Crippen molar-refractivity contribution >= 4 is 5.82 Å². The molecule has 1 atom stereocenters. The third kappa shape index (κ3) is 4.00. The Balaban J connectivity index is 1.65. The molecule has 0 aliphatic carbocycles. The van der Waals surface area contributed by atoms with Crippen LogP contribution >= 0.6 is 0 Å². The number of aromatic nitrogens is 7. The third-order valence-electron chi connectivity index (χ3n) is 5.83. The average Bonchev–Trinajstić information content (AvgIpc) is 3.43. The molecular weight excluding hydrogens is 471 g/mol. The number of benzene rings is 1. The zero-order chi connectivity index (χ0) is 24.9. The first-order chi connectivity index (χ1) is 16.7. The first-order valence-corrected chi connectivity index (χ1v) is 10.8. The van der Waals surface area contributed by atoms with E-state index in [0.29, 0.717) is 23.8 Å². The summed E-state index contributed by atoms with van der Waals surface area (Å²) in [4.78, 5) is 14.7. The lowest BCUT2D eigenvalue weighted by Gasteiger charge is -2.37. The molecule has 13 heteroatoms. The topological polar surface area (TPSA) is 77.5 Å². The predicted molar refractivity (Wildman–Crippen MR) is 115 cm³/mol. The van der Waals surface area contributed by atoms with Crippen molar-refractivity contribution in [3.63, 3.8) is 0 Å². The first-order valence-electron chi connectivity index (χ1n) is 10.8. The minimum atomic E-state index is -4.37. The molecule has 35 heavy (non-hydrogen) atoms. The summed E-state index contributed by atoms with van der Waals surface area (Å²) in [6, 6.07) is 2.60. The van der Waals surface area contributed by atoms with E-state index in [-0.39, 0.29) is 29.7 Å². The molecule has 5 rings (SSSR count). The van der Waals surface area contributed by atoms with Gasteiger partial charge in [0.2, 0.25) is 5.95 Å². The number of imidazole rings is 1. The van der Waals surface area contributed by atoms with Crippen LogP contribution in [0.5, 0.6) is 0 Å². The first kappa shape index (κ1) is 22.9. The molecule has 0 bridgehead atoms. The molecule has 3 aromatic heterocycles. The van der Waals surface area contributed by atoms with E-state index in [1.807, 2.05) is 6.92 Å². The van der Waals surface area contributed by atoms with Crippen molar-refractivity contribution in [3.05, 3.63) is 60.1 Å². The predicted octanol–water partition coefficient (Wildman–Crippen LogP) is 4.72. The SMILES string of the molecule is CC[C@@H]1c2nnc(C)n2-c2cnc(-n3ccnc3-c3ccc(F)cc3F)nc2N1CCC(F)(F)F. The van der Waals surface area contributed by atoms with E-state index in [1.54, 1.807) is 16.4 Å². The van der Waals surface area contributed by atoms with E-state index >= 15 is 0 Å². The Morgan fingerprint density at radius 2 is 1.89 bits per heavy atom. The number of rotatable bonds is 5. The maximum absolute atomic E-state index is 14.5. The molecule has 4 aromatic rings. The molecule has 0 unspecified atom stereocenters. The average molecular weight is 490 g/mol. The summed E-state index contributed by atoms with van der Waals surface area (Å²) in [5.74, 6) is -0.0514. The van der Waals surface area contributed by atoms with E-state index in [9.17, 15) is 22.0 Å². The molecule has 0 saturated carbocycles. The summed E-state index contributed by atoms with van der Waals surface area (Å²) in [6.07, 6.45) is -0.588. The number of hydrogen-bond donors (Lipinski definition) is 0. The molecule has 4 heterocycles. The number of nitrogens with zero attached hydrogens (tertiary/aromatic N) is 8. The minimum absolute atomic E-state index is 0.0232. The van der Waals surface area contributed by atoms with Crippen LogP contribution in [-0.4, -0.2) is 47.0 Å². The monoisotopic (exact) mass is 490 g/mol. The summed E-state index contributed by atoms with van der Waals surface area (Å²) in [5.41, 5.74) is 0.461. The summed E-state index contributed by atoms with van der Waals surface area (Å²) in [6.45, 7) is 3.23. The van der Waals surface area contributed by atoms with Crippen molar-refractivity contribution in [2.75, 3.05) is 11.4 Å². The molecule has 1 aliphatic heterocycles. The number of hydrogen-bond acceptors (Lipinski definition) is 6. The van der Waals surface area contributed by atoms with Gasteiger partial charge >= 0.3 is 6.18 Å². The Hall–Kier alpha value is -3.90. The van der Waals surface area contributed by atoms with E-state index < -0.39 is 30.3 Å². The van der Waals surface area contributed by atoms with Crippen LogP contribution in [-0.2, 0) is 0 Å². The van der Waals surface area contributed by atoms with Crippen molar-refractivity contribution < 1.29 is 22.0 Å². The Kier molecular flexibility index (Phi) is 5.49. The lowest BCUT2D eigenvalue weighted by molar-refractivity contribution is -0.132. The Morgan fingerprint density at radius 3 is 2.60 bits per heavy atom. The molecule has 0 spiro atoms. The summed E-state index contributed by atoms with van der Waals surface area (Å²) >= 11 is 0. The zero-order valence-electron chi connectivity index (χ0n) is 18.6. The van der Waals surface area contributed by atoms with Gasteiger partial charge in [-0.25, -0.2) is 18.7 Å². The Bertz CT molecular complexity index is 1390. The van der Waals surface area contributed by atoms with Gasteiger partial charge in [-0.2, -0.15) is 18.2 Å². The molecule has 1 aliphatic rings. The maximum atomic E-state index is 14.5. The fraction of sp³-hybridized carbons (Fsp3) is 0.318. The second-order valence-corrected chi connectivity index (χ2v) is 8.05.